The Morgan fingerprint density at radius 1 is 1.55 bits per heavy atom. The van der Waals surface area contributed by atoms with Crippen LogP contribution < -0.4 is 11.1 Å². The largest absolute Gasteiger partial charge is 0.359 e. The molecule has 0 spiro atoms. The minimum atomic E-state index is 0.0705. The summed E-state index contributed by atoms with van der Waals surface area (Å²) in [4.78, 5) is 10.8. The third kappa shape index (κ3) is 4.79. The molecule has 0 saturated carbocycles. The summed E-state index contributed by atoms with van der Waals surface area (Å²) in [5, 5.41) is 2.56. The Balaban J connectivity index is 3.45. The van der Waals surface area contributed by atoms with E-state index in [1.54, 1.807) is 7.05 Å². The van der Waals surface area contributed by atoms with E-state index in [4.69, 9.17) is 5.73 Å². The lowest BCUT2D eigenvalue weighted by molar-refractivity contribution is -0.120. The summed E-state index contributed by atoms with van der Waals surface area (Å²) in [6, 6.07) is 0.146. The van der Waals surface area contributed by atoms with E-state index >= 15 is 0 Å². The highest BCUT2D eigenvalue weighted by atomic mass is 16.1. The van der Waals surface area contributed by atoms with Crippen molar-refractivity contribution in [3.05, 3.63) is 0 Å². The minimum Gasteiger partial charge on any atom is -0.359 e. The maximum atomic E-state index is 10.8. The first kappa shape index (κ1) is 10.4. The van der Waals surface area contributed by atoms with Gasteiger partial charge in [-0.1, -0.05) is 13.8 Å². The molecule has 0 saturated heterocycles. The van der Waals surface area contributed by atoms with Gasteiger partial charge >= 0.3 is 0 Å². The van der Waals surface area contributed by atoms with Gasteiger partial charge in [-0.05, 0) is 12.3 Å². The maximum absolute atomic E-state index is 10.8. The number of nitrogens with one attached hydrogen (secondary N) is 1. The first-order valence-corrected chi connectivity index (χ1v) is 4.04. The van der Waals surface area contributed by atoms with E-state index in [1.165, 1.54) is 0 Å². The van der Waals surface area contributed by atoms with Crippen LogP contribution in [0.2, 0.25) is 0 Å². The molecule has 0 bridgehead atoms. The molecule has 0 heterocycles. The number of rotatable bonds is 4. The fraction of sp³-hybridized carbons (Fsp3) is 0.875. The van der Waals surface area contributed by atoms with Crippen LogP contribution in [0.1, 0.15) is 26.7 Å². The molecule has 3 heteroatoms. The number of carbonyl (C=O) groups is 1. The van der Waals surface area contributed by atoms with Crippen molar-refractivity contribution in [2.24, 2.45) is 11.7 Å². The average molecular weight is 158 g/mol. The van der Waals surface area contributed by atoms with Crippen LogP contribution in [-0.2, 0) is 4.79 Å². The molecule has 0 aliphatic heterocycles. The van der Waals surface area contributed by atoms with Crippen LogP contribution in [0, 0.1) is 5.92 Å². The molecule has 0 fully saturated rings. The molecule has 3 N–H and O–H groups in total. The Bertz CT molecular complexity index is 123. The Labute approximate surface area is 68.3 Å². The summed E-state index contributed by atoms with van der Waals surface area (Å²) in [5.74, 6) is 0.528. The maximum Gasteiger partial charge on any atom is 0.219 e. The van der Waals surface area contributed by atoms with Crippen LogP contribution in [0.15, 0.2) is 0 Å². The van der Waals surface area contributed by atoms with Crippen LogP contribution in [-0.4, -0.2) is 19.0 Å². The molecule has 1 amide bonds. The summed E-state index contributed by atoms with van der Waals surface area (Å²) >= 11 is 0. The third-order valence-corrected chi connectivity index (χ3v) is 1.84. The molecular weight excluding hydrogens is 140 g/mol. The van der Waals surface area contributed by atoms with Crippen LogP contribution >= 0.6 is 0 Å². The van der Waals surface area contributed by atoms with E-state index in [2.05, 4.69) is 19.2 Å². The fourth-order valence-corrected chi connectivity index (χ4v) is 0.756. The second kappa shape index (κ2) is 5.13. The number of carbonyl (C=O) groups excluding carboxylic acids is 1. The predicted octanol–water partition coefficient (Wildman–Crippen LogP) is 0.496. The first-order valence-electron chi connectivity index (χ1n) is 4.04. The Morgan fingerprint density at radius 3 is 2.45 bits per heavy atom. The summed E-state index contributed by atoms with van der Waals surface area (Å²) in [7, 11) is 1.64. The molecule has 0 aromatic heterocycles. The van der Waals surface area contributed by atoms with Crippen LogP contribution in [0.3, 0.4) is 0 Å². The number of nitrogens with two attached hydrogens (primary N) is 1. The van der Waals surface area contributed by atoms with Crippen molar-refractivity contribution >= 4 is 5.91 Å². The second-order valence-corrected chi connectivity index (χ2v) is 3.12. The lowest BCUT2D eigenvalue weighted by Crippen LogP contribution is -2.29. The lowest BCUT2D eigenvalue weighted by Gasteiger charge is -2.14. The Kier molecular flexibility index (Phi) is 4.86. The summed E-state index contributed by atoms with van der Waals surface area (Å²) in [5.41, 5.74) is 5.74. The van der Waals surface area contributed by atoms with Crippen molar-refractivity contribution in [2.45, 2.75) is 32.7 Å². The van der Waals surface area contributed by atoms with Crippen molar-refractivity contribution in [3.8, 4) is 0 Å². The van der Waals surface area contributed by atoms with Gasteiger partial charge in [0.2, 0.25) is 5.91 Å². The molecule has 0 aromatic rings. The van der Waals surface area contributed by atoms with Gasteiger partial charge in [0.05, 0.1) is 0 Å². The van der Waals surface area contributed by atoms with Gasteiger partial charge in [-0.3, -0.25) is 4.79 Å². The van der Waals surface area contributed by atoms with Gasteiger partial charge < -0.3 is 11.1 Å². The monoisotopic (exact) mass is 158 g/mol. The van der Waals surface area contributed by atoms with Crippen LogP contribution in [0.4, 0.5) is 0 Å². The van der Waals surface area contributed by atoms with Gasteiger partial charge in [0, 0.05) is 19.5 Å². The number of hydrogen-bond donors (Lipinski definition) is 2. The zero-order valence-electron chi connectivity index (χ0n) is 7.55. The van der Waals surface area contributed by atoms with Gasteiger partial charge in [-0.25, -0.2) is 0 Å². The van der Waals surface area contributed by atoms with Crippen molar-refractivity contribution in [2.75, 3.05) is 7.05 Å². The normalized spacial score (nSPS) is 13.2. The van der Waals surface area contributed by atoms with E-state index < -0.39 is 0 Å². The minimum absolute atomic E-state index is 0.0705. The smallest absolute Gasteiger partial charge is 0.219 e. The van der Waals surface area contributed by atoms with E-state index in [0.29, 0.717) is 12.3 Å². The zero-order valence-corrected chi connectivity index (χ0v) is 7.55. The van der Waals surface area contributed by atoms with Crippen molar-refractivity contribution < 1.29 is 4.79 Å². The number of hydrogen-bond acceptors (Lipinski definition) is 2. The topological polar surface area (TPSA) is 55.1 Å². The van der Waals surface area contributed by atoms with Gasteiger partial charge in [0.15, 0.2) is 0 Å². The van der Waals surface area contributed by atoms with Gasteiger partial charge in [0.25, 0.3) is 0 Å². The molecule has 0 rings (SSSR count). The van der Waals surface area contributed by atoms with E-state index in [-0.39, 0.29) is 11.9 Å². The van der Waals surface area contributed by atoms with Gasteiger partial charge in [-0.15, -0.1) is 0 Å². The second-order valence-electron chi connectivity index (χ2n) is 3.12. The Morgan fingerprint density at radius 2 is 2.09 bits per heavy atom. The SMILES string of the molecule is CNC(=O)CC[C@@H](N)C(C)C. The van der Waals surface area contributed by atoms with E-state index in [9.17, 15) is 4.79 Å². The van der Waals surface area contributed by atoms with Gasteiger partial charge in [0.1, 0.15) is 0 Å². The molecular formula is C8H18N2O. The summed E-state index contributed by atoms with van der Waals surface area (Å²) in [6.45, 7) is 4.13. The summed E-state index contributed by atoms with van der Waals surface area (Å²) in [6.07, 6.45) is 1.31. The molecule has 0 unspecified atom stereocenters. The summed E-state index contributed by atoms with van der Waals surface area (Å²) < 4.78 is 0. The Hall–Kier alpha value is -0.570. The zero-order chi connectivity index (χ0) is 8.85. The van der Waals surface area contributed by atoms with E-state index in [1.807, 2.05) is 0 Å². The number of amides is 1. The predicted molar refractivity (Wildman–Crippen MR) is 46.1 cm³/mol. The standard InChI is InChI=1S/C8H18N2O/c1-6(2)7(9)4-5-8(11)10-3/h6-7H,4-5,9H2,1-3H3,(H,10,11)/t7-/m1/s1. The van der Waals surface area contributed by atoms with Gasteiger partial charge in [-0.2, -0.15) is 0 Å². The molecule has 0 aliphatic rings. The molecule has 3 nitrogen and oxygen atoms in total. The van der Waals surface area contributed by atoms with Crippen LogP contribution in [0.25, 0.3) is 0 Å². The molecule has 11 heavy (non-hydrogen) atoms. The van der Waals surface area contributed by atoms with Crippen molar-refractivity contribution in [1.29, 1.82) is 0 Å². The molecule has 0 aromatic carbocycles. The van der Waals surface area contributed by atoms with Crippen molar-refractivity contribution in [3.63, 3.8) is 0 Å². The molecule has 0 aliphatic carbocycles. The highest BCUT2D eigenvalue weighted by molar-refractivity contribution is 5.75. The molecule has 66 valence electrons. The molecule has 0 radical (unpaired) electrons. The first-order chi connectivity index (χ1) is 5.07. The lowest BCUT2D eigenvalue weighted by atomic mass is 10.0. The van der Waals surface area contributed by atoms with Crippen molar-refractivity contribution in [1.82, 2.24) is 5.32 Å². The van der Waals surface area contributed by atoms with E-state index in [0.717, 1.165) is 6.42 Å². The quantitative estimate of drug-likeness (QED) is 0.626. The average Bonchev–Trinajstić information content (AvgIpc) is 1.99. The highest BCUT2D eigenvalue weighted by Gasteiger charge is 2.08. The third-order valence-electron chi connectivity index (χ3n) is 1.84. The molecule has 1 atom stereocenters. The fourth-order valence-electron chi connectivity index (χ4n) is 0.756. The highest BCUT2D eigenvalue weighted by Crippen LogP contribution is 2.04. The van der Waals surface area contributed by atoms with Crippen LogP contribution in [0.5, 0.6) is 0 Å².